The lowest BCUT2D eigenvalue weighted by molar-refractivity contribution is 1.07. The Morgan fingerprint density at radius 1 is 1.00 bits per heavy atom. The van der Waals surface area contributed by atoms with Gasteiger partial charge in [-0.05, 0) is 31.2 Å². The van der Waals surface area contributed by atoms with E-state index in [1.165, 1.54) is 5.56 Å². The quantitative estimate of drug-likeness (QED) is 0.588. The van der Waals surface area contributed by atoms with Crippen LogP contribution in [0.25, 0.3) is 10.9 Å². The lowest BCUT2D eigenvalue weighted by atomic mass is 10.1. The van der Waals surface area contributed by atoms with Gasteiger partial charge in [-0.2, -0.15) is 0 Å². The third-order valence-electron chi connectivity index (χ3n) is 3.37. The largest absolute Gasteiger partial charge is 0.368 e. The summed E-state index contributed by atoms with van der Waals surface area (Å²) < 4.78 is 0. The highest BCUT2D eigenvalue weighted by atomic mass is 15.0. The number of nitrogens with zero attached hydrogens (tertiary/aromatic N) is 2. The molecule has 2 aromatic carbocycles. The number of para-hydroxylation sites is 1. The van der Waals surface area contributed by atoms with Crippen molar-refractivity contribution in [2.45, 2.75) is 13.3 Å². The van der Waals surface area contributed by atoms with E-state index in [2.05, 4.69) is 46.2 Å². The molecule has 108 valence electrons. The standard InChI is InChI=1S/C19H17N3/c1-15-9-11-16(12-10-15)6-4-5-13-20-19-17-7-2-3-8-18(17)21-14-22-19/h2-3,7-12,14H,5,13H2,1H3,(H,20,21,22). The molecule has 3 nitrogen and oxygen atoms in total. The van der Waals surface area contributed by atoms with E-state index in [1.807, 2.05) is 36.4 Å². The van der Waals surface area contributed by atoms with Gasteiger partial charge >= 0.3 is 0 Å². The number of nitrogens with one attached hydrogen (secondary N) is 1. The Morgan fingerprint density at radius 3 is 2.68 bits per heavy atom. The normalized spacial score (nSPS) is 10.0. The van der Waals surface area contributed by atoms with E-state index in [1.54, 1.807) is 6.33 Å². The molecule has 0 atom stereocenters. The molecule has 1 heterocycles. The lowest BCUT2D eigenvalue weighted by Gasteiger charge is -2.05. The number of hydrogen-bond acceptors (Lipinski definition) is 3. The zero-order chi connectivity index (χ0) is 15.2. The summed E-state index contributed by atoms with van der Waals surface area (Å²) in [6, 6.07) is 16.2. The van der Waals surface area contributed by atoms with Gasteiger partial charge in [0.05, 0.1) is 5.52 Å². The van der Waals surface area contributed by atoms with Crippen LogP contribution in [0.15, 0.2) is 54.9 Å². The molecule has 0 saturated carbocycles. The summed E-state index contributed by atoms with van der Waals surface area (Å²) in [6.07, 6.45) is 2.36. The van der Waals surface area contributed by atoms with Crippen LogP contribution in [0.1, 0.15) is 17.5 Å². The molecule has 1 aromatic heterocycles. The Kier molecular flexibility index (Phi) is 4.31. The highest BCUT2D eigenvalue weighted by Gasteiger charge is 2.00. The smallest absolute Gasteiger partial charge is 0.137 e. The molecule has 0 unspecified atom stereocenters. The van der Waals surface area contributed by atoms with E-state index in [9.17, 15) is 0 Å². The van der Waals surface area contributed by atoms with Crippen LogP contribution in [0.2, 0.25) is 0 Å². The average Bonchev–Trinajstić information content (AvgIpc) is 2.56. The second-order valence-electron chi connectivity index (χ2n) is 5.08. The Morgan fingerprint density at radius 2 is 1.82 bits per heavy atom. The van der Waals surface area contributed by atoms with Crippen molar-refractivity contribution in [2.24, 2.45) is 0 Å². The summed E-state index contributed by atoms with van der Waals surface area (Å²) in [6.45, 7) is 2.84. The third-order valence-corrected chi connectivity index (χ3v) is 3.37. The zero-order valence-electron chi connectivity index (χ0n) is 12.5. The first-order valence-corrected chi connectivity index (χ1v) is 7.32. The monoisotopic (exact) mass is 287 g/mol. The molecule has 0 aliphatic heterocycles. The van der Waals surface area contributed by atoms with Gasteiger partial charge in [0.25, 0.3) is 0 Å². The van der Waals surface area contributed by atoms with Gasteiger partial charge in [0.15, 0.2) is 0 Å². The molecule has 3 rings (SSSR count). The second kappa shape index (κ2) is 6.73. The van der Waals surface area contributed by atoms with Gasteiger partial charge in [0.2, 0.25) is 0 Å². The van der Waals surface area contributed by atoms with Crippen LogP contribution < -0.4 is 5.32 Å². The molecule has 0 fully saturated rings. The number of hydrogen-bond donors (Lipinski definition) is 1. The van der Waals surface area contributed by atoms with E-state index in [4.69, 9.17) is 0 Å². The first kappa shape index (κ1) is 14.1. The van der Waals surface area contributed by atoms with Gasteiger partial charge in [-0.1, -0.05) is 41.7 Å². The van der Waals surface area contributed by atoms with Gasteiger partial charge < -0.3 is 5.32 Å². The molecule has 3 heteroatoms. The fourth-order valence-electron chi connectivity index (χ4n) is 2.19. The van der Waals surface area contributed by atoms with Crippen molar-refractivity contribution in [1.82, 2.24) is 9.97 Å². The molecule has 0 aliphatic carbocycles. The Labute approximate surface area is 130 Å². The third kappa shape index (κ3) is 3.42. The van der Waals surface area contributed by atoms with Crippen LogP contribution in [0.4, 0.5) is 5.82 Å². The van der Waals surface area contributed by atoms with E-state index >= 15 is 0 Å². The van der Waals surface area contributed by atoms with Crippen molar-refractivity contribution in [2.75, 3.05) is 11.9 Å². The van der Waals surface area contributed by atoms with Crippen molar-refractivity contribution in [3.63, 3.8) is 0 Å². The molecule has 0 amide bonds. The number of benzene rings is 2. The van der Waals surface area contributed by atoms with E-state index in [-0.39, 0.29) is 0 Å². The lowest BCUT2D eigenvalue weighted by Crippen LogP contribution is -2.03. The molecule has 0 bridgehead atoms. The maximum absolute atomic E-state index is 4.30. The first-order valence-electron chi connectivity index (χ1n) is 7.32. The first-order chi connectivity index (χ1) is 10.8. The molecule has 0 spiro atoms. The zero-order valence-corrected chi connectivity index (χ0v) is 12.5. The molecule has 0 saturated heterocycles. The molecular weight excluding hydrogens is 270 g/mol. The number of aryl methyl sites for hydroxylation is 1. The fourth-order valence-corrected chi connectivity index (χ4v) is 2.19. The van der Waals surface area contributed by atoms with Gasteiger partial charge in [-0.15, -0.1) is 0 Å². The molecule has 1 N–H and O–H groups in total. The SMILES string of the molecule is Cc1ccc(C#CCCNc2ncnc3ccccc23)cc1. The summed E-state index contributed by atoms with van der Waals surface area (Å²) in [5.41, 5.74) is 3.26. The molecule has 0 aliphatic rings. The van der Waals surface area contributed by atoms with Crippen LogP contribution in [-0.4, -0.2) is 16.5 Å². The number of aromatic nitrogens is 2. The topological polar surface area (TPSA) is 37.8 Å². The van der Waals surface area contributed by atoms with Crippen molar-refractivity contribution in [3.05, 3.63) is 66.0 Å². The predicted octanol–water partition coefficient (Wildman–Crippen LogP) is 3.79. The molecule has 22 heavy (non-hydrogen) atoms. The van der Waals surface area contributed by atoms with Crippen molar-refractivity contribution in [1.29, 1.82) is 0 Å². The second-order valence-corrected chi connectivity index (χ2v) is 5.08. The number of fused-ring (bicyclic) bond motifs is 1. The minimum Gasteiger partial charge on any atom is -0.368 e. The van der Waals surface area contributed by atoms with Crippen LogP contribution >= 0.6 is 0 Å². The van der Waals surface area contributed by atoms with Crippen molar-refractivity contribution >= 4 is 16.7 Å². The predicted molar refractivity (Wildman–Crippen MR) is 90.7 cm³/mol. The fraction of sp³-hybridized carbons (Fsp3) is 0.158. The van der Waals surface area contributed by atoms with E-state index < -0.39 is 0 Å². The maximum atomic E-state index is 4.30. The molecular formula is C19H17N3. The van der Waals surface area contributed by atoms with Crippen molar-refractivity contribution in [3.8, 4) is 11.8 Å². The molecule has 0 radical (unpaired) electrons. The Hall–Kier alpha value is -2.86. The molecule has 3 aromatic rings. The summed E-state index contributed by atoms with van der Waals surface area (Å²) in [4.78, 5) is 8.56. The number of rotatable bonds is 3. The van der Waals surface area contributed by atoms with Crippen LogP contribution in [0.5, 0.6) is 0 Å². The average molecular weight is 287 g/mol. The van der Waals surface area contributed by atoms with Gasteiger partial charge in [-0.3, -0.25) is 0 Å². The summed E-state index contributed by atoms with van der Waals surface area (Å²) in [7, 11) is 0. The van der Waals surface area contributed by atoms with Crippen molar-refractivity contribution < 1.29 is 0 Å². The Bertz CT molecular complexity index is 821. The Balaban J connectivity index is 1.60. The van der Waals surface area contributed by atoms with Gasteiger partial charge in [-0.25, -0.2) is 9.97 Å². The van der Waals surface area contributed by atoms with E-state index in [0.717, 1.165) is 35.2 Å². The van der Waals surface area contributed by atoms with E-state index in [0.29, 0.717) is 0 Å². The summed E-state index contributed by atoms with van der Waals surface area (Å²) in [5, 5.41) is 4.37. The van der Waals surface area contributed by atoms with Crippen LogP contribution in [0.3, 0.4) is 0 Å². The van der Waals surface area contributed by atoms with Crippen LogP contribution in [0, 0.1) is 18.8 Å². The summed E-state index contributed by atoms with van der Waals surface area (Å²) in [5.74, 6) is 7.22. The number of anilines is 1. The van der Waals surface area contributed by atoms with Crippen LogP contribution in [-0.2, 0) is 0 Å². The maximum Gasteiger partial charge on any atom is 0.137 e. The van der Waals surface area contributed by atoms with Gasteiger partial charge in [0.1, 0.15) is 12.1 Å². The highest BCUT2D eigenvalue weighted by Crippen LogP contribution is 2.17. The highest BCUT2D eigenvalue weighted by molar-refractivity contribution is 5.88. The summed E-state index contributed by atoms with van der Waals surface area (Å²) >= 11 is 0. The van der Waals surface area contributed by atoms with Gasteiger partial charge in [0, 0.05) is 23.9 Å². The minimum absolute atomic E-state index is 0.764. The minimum atomic E-state index is 0.764.